The van der Waals surface area contributed by atoms with Crippen molar-refractivity contribution in [3.05, 3.63) is 22.4 Å². The van der Waals surface area contributed by atoms with Crippen LogP contribution >= 0.6 is 11.3 Å². The third kappa shape index (κ3) is 3.23. The van der Waals surface area contributed by atoms with Crippen molar-refractivity contribution >= 4 is 17.2 Å². The zero-order valence-corrected chi connectivity index (χ0v) is 13.0. The summed E-state index contributed by atoms with van der Waals surface area (Å²) in [5, 5.41) is 7.47. The highest BCUT2D eigenvalue weighted by atomic mass is 32.1. The lowest BCUT2D eigenvalue weighted by atomic mass is 10.0. The summed E-state index contributed by atoms with van der Waals surface area (Å²) in [4.78, 5) is 14.9. The van der Waals surface area contributed by atoms with Crippen LogP contribution in [0.15, 0.2) is 16.8 Å². The fourth-order valence-corrected chi connectivity index (χ4v) is 3.92. The van der Waals surface area contributed by atoms with Crippen molar-refractivity contribution in [1.29, 1.82) is 0 Å². The van der Waals surface area contributed by atoms with Crippen molar-refractivity contribution in [3.63, 3.8) is 0 Å². The van der Waals surface area contributed by atoms with E-state index in [0.29, 0.717) is 11.8 Å². The quantitative estimate of drug-likeness (QED) is 0.874. The molecule has 0 spiro atoms. The van der Waals surface area contributed by atoms with Crippen LogP contribution in [0.5, 0.6) is 0 Å². The van der Waals surface area contributed by atoms with Gasteiger partial charge in [0.2, 0.25) is 5.91 Å². The van der Waals surface area contributed by atoms with Crippen LogP contribution in [0.1, 0.15) is 44.1 Å². The highest BCUT2D eigenvalue weighted by Crippen LogP contribution is 2.36. The molecule has 2 unspecified atom stereocenters. The van der Waals surface area contributed by atoms with E-state index in [2.05, 4.69) is 34.0 Å². The first kappa shape index (κ1) is 14.1. The van der Waals surface area contributed by atoms with E-state index in [9.17, 15) is 4.79 Å². The van der Waals surface area contributed by atoms with Gasteiger partial charge in [-0.25, -0.2) is 0 Å². The molecule has 1 saturated carbocycles. The van der Waals surface area contributed by atoms with Crippen LogP contribution in [0.4, 0.5) is 0 Å². The Morgan fingerprint density at radius 1 is 1.45 bits per heavy atom. The van der Waals surface area contributed by atoms with Crippen LogP contribution in [0.25, 0.3) is 0 Å². The lowest BCUT2D eigenvalue weighted by Crippen LogP contribution is -2.47. The Bertz CT molecular complexity index is 435. The molecule has 110 valence electrons. The number of hydrogen-bond donors (Lipinski definition) is 1. The van der Waals surface area contributed by atoms with Crippen LogP contribution in [0.2, 0.25) is 0 Å². The fourth-order valence-electron chi connectivity index (χ4n) is 3.14. The van der Waals surface area contributed by atoms with E-state index in [0.717, 1.165) is 19.6 Å². The van der Waals surface area contributed by atoms with Gasteiger partial charge in [-0.15, -0.1) is 0 Å². The molecule has 2 heterocycles. The van der Waals surface area contributed by atoms with Crippen LogP contribution in [-0.2, 0) is 4.79 Å². The fraction of sp³-hybridized carbons (Fsp3) is 0.688. The Kier molecular flexibility index (Phi) is 4.41. The number of hydrogen-bond acceptors (Lipinski definition) is 3. The smallest absolute Gasteiger partial charge is 0.237 e. The summed E-state index contributed by atoms with van der Waals surface area (Å²) in [5.41, 5.74) is 1.33. The zero-order chi connectivity index (χ0) is 13.9. The van der Waals surface area contributed by atoms with E-state index in [-0.39, 0.29) is 11.9 Å². The van der Waals surface area contributed by atoms with Crippen LogP contribution < -0.4 is 5.32 Å². The van der Waals surface area contributed by atoms with Gasteiger partial charge in [-0.05, 0) is 73.0 Å². The topological polar surface area (TPSA) is 32.3 Å². The molecule has 1 saturated heterocycles. The Morgan fingerprint density at radius 2 is 2.20 bits per heavy atom. The van der Waals surface area contributed by atoms with Crippen LogP contribution in [0, 0.1) is 5.92 Å². The number of nitrogens with zero attached hydrogens (tertiary/aromatic N) is 1. The van der Waals surface area contributed by atoms with Gasteiger partial charge in [-0.1, -0.05) is 6.92 Å². The standard InChI is InChI=1S/C16H24N2OS/c1-12(14-6-9-20-11-14)10-17-16(19)15(13-4-5-13)18-7-2-3-8-18/h6,9,11-13,15H,2-5,7-8,10H2,1H3,(H,17,19). The van der Waals surface area contributed by atoms with Gasteiger partial charge in [0.15, 0.2) is 0 Å². The van der Waals surface area contributed by atoms with Crippen LogP contribution in [-0.4, -0.2) is 36.5 Å². The molecular weight excluding hydrogens is 268 g/mol. The zero-order valence-electron chi connectivity index (χ0n) is 12.2. The summed E-state index contributed by atoms with van der Waals surface area (Å²) in [6.45, 7) is 5.15. The van der Waals surface area contributed by atoms with Gasteiger partial charge in [0.05, 0.1) is 6.04 Å². The number of likely N-dealkylation sites (tertiary alicyclic amines) is 1. The average molecular weight is 292 g/mol. The highest BCUT2D eigenvalue weighted by Gasteiger charge is 2.40. The predicted molar refractivity (Wildman–Crippen MR) is 83.1 cm³/mol. The van der Waals surface area contributed by atoms with Crippen molar-refractivity contribution in [2.75, 3.05) is 19.6 Å². The van der Waals surface area contributed by atoms with Gasteiger partial charge in [0.25, 0.3) is 0 Å². The normalized spacial score (nSPS) is 22.6. The van der Waals surface area contributed by atoms with Crippen molar-refractivity contribution in [2.24, 2.45) is 5.92 Å². The molecule has 4 heteroatoms. The number of thiophene rings is 1. The van der Waals surface area contributed by atoms with Crippen LogP contribution in [0.3, 0.4) is 0 Å². The minimum Gasteiger partial charge on any atom is -0.354 e. The van der Waals surface area contributed by atoms with Crippen molar-refractivity contribution < 1.29 is 4.79 Å². The maximum Gasteiger partial charge on any atom is 0.237 e. The van der Waals surface area contributed by atoms with Gasteiger partial charge < -0.3 is 5.32 Å². The summed E-state index contributed by atoms with van der Waals surface area (Å²) in [6, 6.07) is 2.30. The third-order valence-corrected chi connectivity index (χ3v) is 5.27. The molecule has 0 radical (unpaired) electrons. The molecule has 1 aliphatic heterocycles. The molecule has 3 nitrogen and oxygen atoms in total. The minimum atomic E-state index is 0.146. The molecule has 1 aromatic heterocycles. The SMILES string of the molecule is CC(CNC(=O)C(C1CC1)N1CCCC1)c1ccsc1. The molecule has 1 N–H and O–H groups in total. The summed E-state index contributed by atoms with van der Waals surface area (Å²) in [6.07, 6.45) is 4.97. The number of rotatable bonds is 6. The number of carbonyl (C=O) groups is 1. The maximum atomic E-state index is 12.5. The molecule has 2 aliphatic rings. The second-order valence-corrected chi connectivity index (χ2v) is 7.01. The van der Waals surface area contributed by atoms with E-state index in [1.807, 2.05) is 0 Å². The molecule has 0 aromatic carbocycles. The summed E-state index contributed by atoms with van der Waals surface area (Å²) in [5.74, 6) is 1.28. The number of carbonyl (C=O) groups excluding carboxylic acids is 1. The van der Waals surface area contributed by atoms with E-state index >= 15 is 0 Å². The minimum absolute atomic E-state index is 0.146. The van der Waals surface area contributed by atoms with Crippen molar-refractivity contribution in [2.45, 2.75) is 44.6 Å². The Labute approximate surface area is 125 Å². The molecule has 1 amide bonds. The lowest BCUT2D eigenvalue weighted by Gasteiger charge is -2.27. The average Bonchev–Trinajstić information content (AvgIpc) is 2.96. The van der Waals surface area contributed by atoms with E-state index in [4.69, 9.17) is 0 Å². The first-order valence-electron chi connectivity index (χ1n) is 7.79. The monoisotopic (exact) mass is 292 g/mol. The second kappa shape index (κ2) is 6.27. The van der Waals surface area contributed by atoms with E-state index in [1.165, 1.54) is 31.2 Å². The van der Waals surface area contributed by atoms with Gasteiger partial charge in [0.1, 0.15) is 0 Å². The summed E-state index contributed by atoms with van der Waals surface area (Å²) >= 11 is 1.72. The molecule has 2 fully saturated rings. The lowest BCUT2D eigenvalue weighted by molar-refractivity contribution is -0.126. The number of amides is 1. The Hall–Kier alpha value is -0.870. The largest absolute Gasteiger partial charge is 0.354 e. The third-order valence-electron chi connectivity index (χ3n) is 4.57. The number of nitrogens with one attached hydrogen (secondary N) is 1. The van der Waals surface area contributed by atoms with Gasteiger partial charge in [-0.3, -0.25) is 9.69 Å². The molecule has 3 rings (SSSR count). The highest BCUT2D eigenvalue weighted by molar-refractivity contribution is 7.07. The summed E-state index contributed by atoms with van der Waals surface area (Å²) in [7, 11) is 0. The molecule has 1 aliphatic carbocycles. The van der Waals surface area contributed by atoms with Crippen molar-refractivity contribution in [3.8, 4) is 0 Å². The van der Waals surface area contributed by atoms with Crippen molar-refractivity contribution in [1.82, 2.24) is 10.2 Å². The molecule has 1 aromatic rings. The molecule has 2 atom stereocenters. The first-order chi connectivity index (χ1) is 9.75. The molecule has 0 bridgehead atoms. The predicted octanol–water partition coefficient (Wildman–Crippen LogP) is 2.84. The molecule has 20 heavy (non-hydrogen) atoms. The van der Waals surface area contributed by atoms with Gasteiger partial charge in [-0.2, -0.15) is 11.3 Å². The first-order valence-corrected chi connectivity index (χ1v) is 8.74. The molecular formula is C16H24N2OS. The second-order valence-electron chi connectivity index (χ2n) is 6.23. The van der Waals surface area contributed by atoms with E-state index < -0.39 is 0 Å². The maximum absolute atomic E-state index is 12.5. The van der Waals surface area contributed by atoms with Gasteiger partial charge in [0, 0.05) is 6.54 Å². The van der Waals surface area contributed by atoms with E-state index in [1.54, 1.807) is 11.3 Å². The summed E-state index contributed by atoms with van der Waals surface area (Å²) < 4.78 is 0. The Balaban J connectivity index is 1.54. The Morgan fingerprint density at radius 3 is 2.80 bits per heavy atom. The van der Waals surface area contributed by atoms with Gasteiger partial charge >= 0.3 is 0 Å².